The molecule has 3 N–H and O–H groups in total. The summed E-state index contributed by atoms with van der Waals surface area (Å²) in [5, 5.41) is 23.4. The van der Waals surface area contributed by atoms with Crippen LogP contribution >= 0.6 is 0 Å². The molecule has 0 radical (unpaired) electrons. The smallest absolute Gasteiger partial charge is 0.253 e. The molecule has 4 aromatic rings. The van der Waals surface area contributed by atoms with Gasteiger partial charge in [-0.25, -0.2) is 0 Å². The Hall–Kier alpha value is -3.92. The molecule has 1 aliphatic heterocycles. The summed E-state index contributed by atoms with van der Waals surface area (Å²) < 4.78 is 13.0. The Kier molecular flexibility index (Phi) is 10.3. The predicted octanol–water partition coefficient (Wildman–Crippen LogP) is 5.10. The van der Waals surface area contributed by atoms with Crippen LogP contribution < -0.4 is 5.32 Å². The van der Waals surface area contributed by atoms with Crippen LogP contribution in [0.2, 0.25) is 0 Å². The molecule has 5 rings (SSSR count). The minimum atomic E-state index is -0.630. The Bertz CT molecular complexity index is 1430. The summed E-state index contributed by atoms with van der Waals surface area (Å²) in [6.45, 7) is 3.00. The van der Waals surface area contributed by atoms with Gasteiger partial charge < -0.3 is 25.0 Å². The fraction of sp³-hybridized carbons (Fsp3) is 0.314. The fourth-order valence-electron chi connectivity index (χ4n) is 5.26. The molecule has 0 saturated carbocycles. The van der Waals surface area contributed by atoms with E-state index in [0.29, 0.717) is 25.1 Å². The number of carbonyl (C=O) groups is 1. The largest absolute Gasteiger partial charge is 0.392 e. The molecule has 1 amide bonds. The minimum Gasteiger partial charge on any atom is -0.392 e. The summed E-state index contributed by atoms with van der Waals surface area (Å²) in [4.78, 5) is 18.5. The second kappa shape index (κ2) is 14.5. The van der Waals surface area contributed by atoms with Gasteiger partial charge in [-0.1, -0.05) is 78.9 Å². The van der Waals surface area contributed by atoms with E-state index in [-0.39, 0.29) is 30.8 Å². The Morgan fingerprint density at radius 3 is 2.33 bits per heavy atom. The van der Waals surface area contributed by atoms with Gasteiger partial charge in [-0.3, -0.25) is 14.7 Å². The zero-order chi connectivity index (χ0) is 30.2. The molecule has 0 aliphatic carbocycles. The van der Waals surface area contributed by atoms with Gasteiger partial charge in [-0.05, 0) is 48.4 Å². The molecule has 0 unspecified atom stereocenters. The summed E-state index contributed by atoms with van der Waals surface area (Å²) in [6, 6.07) is 28.7. The monoisotopic (exact) mass is 581 g/mol. The highest BCUT2D eigenvalue weighted by atomic mass is 16.7. The molecule has 8 heteroatoms. The van der Waals surface area contributed by atoms with E-state index in [0.717, 1.165) is 27.8 Å². The highest BCUT2D eigenvalue weighted by Crippen LogP contribution is 2.38. The van der Waals surface area contributed by atoms with Gasteiger partial charge in [0.2, 0.25) is 0 Å². The summed E-state index contributed by atoms with van der Waals surface area (Å²) in [5.74, 6) is -0.176. The number of aliphatic hydroxyl groups is 2. The van der Waals surface area contributed by atoms with E-state index in [1.165, 1.54) is 0 Å². The third-order valence-corrected chi connectivity index (χ3v) is 8.03. The average molecular weight is 582 g/mol. The van der Waals surface area contributed by atoms with Gasteiger partial charge in [0.25, 0.3) is 5.91 Å². The van der Waals surface area contributed by atoms with Crippen LogP contribution in [-0.4, -0.2) is 51.7 Å². The van der Waals surface area contributed by atoms with E-state index >= 15 is 0 Å². The fourth-order valence-corrected chi connectivity index (χ4v) is 5.26. The molecular formula is C35H39N3O5. The topological polar surface area (TPSA) is 104 Å². The van der Waals surface area contributed by atoms with Gasteiger partial charge in [-0.15, -0.1) is 0 Å². The molecule has 0 bridgehead atoms. The molecule has 1 saturated heterocycles. The van der Waals surface area contributed by atoms with Crippen LogP contribution in [0.15, 0.2) is 103 Å². The molecular weight excluding hydrogens is 542 g/mol. The molecule has 8 nitrogen and oxygen atoms in total. The first kappa shape index (κ1) is 30.5. The van der Waals surface area contributed by atoms with Crippen molar-refractivity contribution in [3.05, 3.63) is 137 Å². The van der Waals surface area contributed by atoms with Crippen molar-refractivity contribution in [2.45, 2.75) is 57.1 Å². The second-order valence-electron chi connectivity index (χ2n) is 11.1. The lowest BCUT2D eigenvalue weighted by atomic mass is 9.98. The summed E-state index contributed by atoms with van der Waals surface area (Å²) in [7, 11) is 2.00. The van der Waals surface area contributed by atoms with Crippen LogP contribution in [0.1, 0.15) is 70.0 Å². The number of hydrogen-bond acceptors (Lipinski definition) is 7. The molecule has 0 spiro atoms. The van der Waals surface area contributed by atoms with Crippen molar-refractivity contribution in [3.63, 3.8) is 0 Å². The van der Waals surface area contributed by atoms with Crippen molar-refractivity contribution in [2.24, 2.45) is 0 Å². The van der Waals surface area contributed by atoms with E-state index in [9.17, 15) is 15.0 Å². The van der Waals surface area contributed by atoms with E-state index in [4.69, 9.17) is 9.47 Å². The van der Waals surface area contributed by atoms with Gasteiger partial charge in [-0.2, -0.15) is 0 Å². The van der Waals surface area contributed by atoms with E-state index in [1.54, 1.807) is 24.5 Å². The van der Waals surface area contributed by atoms with Crippen LogP contribution in [0.4, 0.5) is 0 Å². The lowest BCUT2D eigenvalue weighted by Gasteiger charge is -2.39. The van der Waals surface area contributed by atoms with Gasteiger partial charge in [0, 0.05) is 43.5 Å². The maximum Gasteiger partial charge on any atom is 0.253 e. The molecule has 3 aromatic carbocycles. The predicted molar refractivity (Wildman–Crippen MR) is 164 cm³/mol. The van der Waals surface area contributed by atoms with Crippen LogP contribution in [-0.2, 0) is 22.6 Å². The third kappa shape index (κ3) is 7.93. The Balaban J connectivity index is 1.28. The van der Waals surface area contributed by atoms with Crippen LogP contribution in [0.5, 0.6) is 0 Å². The normalized spacial score (nSPS) is 20.0. The van der Waals surface area contributed by atoms with Gasteiger partial charge >= 0.3 is 0 Å². The molecule has 43 heavy (non-hydrogen) atoms. The maximum atomic E-state index is 12.4. The Morgan fingerprint density at radius 2 is 1.65 bits per heavy atom. The number of aliphatic hydroxyl groups excluding tert-OH is 2. The lowest BCUT2D eigenvalue weighted by molar-refractivity contribution is -0.253. The van der Waals surface area contributed by atoms with Crippen molar-refractivity contribution >= 4 is 5.91 Å². The van der Waals surface area contributed by atoms with Crippen molar-refractivity contribution in [2.75, 3.05) is 13.6 Å². The summed E-state index contributed by atoms with van der Waals surface area (Å²) >= 11 is 0. The molecule has 224 valence electrons. The molecule has 5 atom stereocenters. The second-order valence-corrected chi connectivity index (χ2v) is 11.1. The van der Waals surface area contributed by atoms with E-state index in [2.05, 4.69) is 15.2 Å². The third-order valence-electron chi connectivity index (χ3n) is 8.03. The minimum absolute atomic E-state index is 0.0123. The number of pyridine rings is 1. The van der Waals surface area contributed by atoms with Crippen molar-refractivity contribution in [3.8, 4) is 0 Å². The molecule has 1 aromatic heterocycles. The summed E-state index contributed by atoms with van der Waals surface area (Å²) in [5.41, 5.74) is 5.09. The quantitative estimate of drug-likeness (QED) is 0.226. The number of amides is 1. The number of likely N-dealkylation sites (N-methyl/N-ethyl adjacent to an activating group) is 1. The van der Waals surface area contributed by atoms with Gasteiger partial charge in [0.05, 0.1) is 30.5 Å². The number of rotatable bonds is 11. The van der Waals surface area contributed by atoms with Gasteiger partial charge in [0.15, 0.2) is 6.29 Å². The molecule has 2 heterocycles. The van der Waals surface area contributed by atoms with Crippen molar-refractivity contribution in [1.82, 2.24) is 15.2 Å². The lowest BCUT2D eigenvalue weighted by Crippen LogP contribution is -2.43. The first-order valence-corrected chi connectivity index (χ1v) is 14.6. The van der Waals surface area contributed by atoms with Crippen molar-refractivity contribution in [1.29, 1.82) is 0 Å². The van der Waals surface area contributed by atoms with Crippen LogP contribution in [0, 0.1) is 0 Å². The van der Waals surface area contributed by atoms with Crippen LogP contribution in [0.3, 0.4) is 0 Å². The highest BCUT2D eigenvalue weighted by molar-refractivity contribution is 5.93. The molecule has 1 fully saturated rings. The average Bonchev–Trinajstić information content (AvgIpc) is 3.07. The Morgan fingerprint density at radius 1 is 0.953 bits per heavy atom. The number of nitrogens with zero attached hydrogens (tertiary/aromatic N) is 2. The number of ether oxygens (including phenoxy) is 2. The van der Waals surface area contributed by atoms with E-state index in [1.807, 2.05) is 92.8 Å². The number of carbonyl (C=O) groups excluding carboxylic acids is 1. The number of benzene rings is 3. The van der Waals surface area contributed by atoms with Gasteiger partial charge in [0.1, 0.15) is 0 Å². The summed E-state index contributed by atoms with van der Waals surface area (Å²) in [6.07, 6.45) is 2.23. The first-order valence-electron chi connectivity index (χ1n) is 14.6. The maximum absolute atomic E-state index is 12.4. The number of nitrogens with one attached hydrogen (secondary N) is 1. The van der Waals surface area contributed by atoms with Crippen molar-refractivity contribution < 1.29 is 24.5 Å². The zero-order valence-electron chi connectivity index (χ0n) is 24.5. The SMILES string of the molecule is C[C@@H]([C@H](O)c1ccccc1)N(C)C[C@@H]1C[C@H](c2ccc(CO)cc2)O[C@H](c2ccc(CNC(=O)c3cccnc3)cc2)O1. The standard InChI is InChI=1S/C35H39N3O5/c1-24(33(40)28-7-4-3-5-8-28)38(2)22-31-19-32(27-14-12-26(23-39)13-15-27)43-35(42-31)29-16-10-25(11-17-29)20-37-34(41)30-9-6-18-36-21-30/h3-18,21,24,31-33,35,39-40H,19-20,22-23H2,1-2H3,(H,37,41)/t24-,31-,32+,33-,35+/m0/s1. The number of aromatic nitrogens is 1. The van der Waals surface area contributed by atoms with E-state index < -0.39 is 12.4 Å². The molecule has 1 aliphatic rings. The highest BCUT2D eigenvalue weighted by Gasteiger charge is 2.34. The first-order chi connectivity index (χ1) is 20.9. The van der Waals surface area contributed by atoms with Crippen LogP contribution in [0.25, 0.3) is 0 Å². The Labute approximate surface area is 252 Å². The number of hydrogen-bond donors (Lipinski definition) is 3. The zero-order valence-corrected chi connectivity index (χ0v) is 24.5.